The van der Waals surface area contributed by atoms with Gasteiger partial charge in [-0.05, 0) is 17.9 Å². The Morgan fingerprint density at radius 3 is 2.75 bits per heavy atom. The molecule has 0 unspecified atom stereocenters. The van der Waals surface area contributed by atoms with E-state index in [2.05, 4.69) is 29.4 Å². The summed E-state index contributed by atoms with van der Waals surface area (Å²) < 4.78 is 1.78. The first-order valence-corrected chi connectivity index (χ1v) is 7.00. The lowest BCUT2D eigenvalue weighted by Gasteiger charge is -2.15. The van der Waals surface area contributed by atoms with Crippen LogP contribution in [-0.4, -0.2) is 27.1 Å². The van der Waals surface area contributed by atoms with E-state index in [1.54, 1.807) is 4.68 Å². The molecule has 1 amide bonds. The van der Waals surface area contributed by atoms with E-state index in [4.69, 9.17) is 0 Å². The molecule has 0 aliphatic carbocycles. The summed E-state index contributed by atoms with van der Waals surface area (Å²) in [6, 6.07) is 10.4. The summed E-state index contributed by atoms with van der Waals surface area (Å²) in [5, 5.41) is 4.15. The van der Waals surface area contributed by atoms with Crippen molar-refractivity contribution >= 4 is 5.91 Å². The number of rotatable bonds is 4. The SMILES string of the molecule is Cn1cc(CN2C[C@H](Cc3ccccc3)CC2=O)cn1. The van der Waals surface area contributed by atoms with Gasteiger partial charge in [-0.15, -0.1) is 0 Å². The fourth-order valence-corrected chi connectivity index (χ4v) is 2.86. The maximum Gasteiger partial charge on any atom is 0.223 e. The molecule has 20 heavy (non-hydrogen) atoms. The number of hydrogen-bond acceptors (Lipinski definition) is 2. The Morgan fingerprint density at radius 1 is 1.25 bits per heavy atom. The van der Waals surface area contributed by atoms with Gasteiger partial charge in [-0.3, -0.25) is 9.48 Å². The number of aromatic nitrogens is 2. The van der Waals surface area contributed by atoms with Gasteiger partial charge < -0.3 is 4.90 Å². The minimum absolute atomic E-state index is 0.259. The van der Waals surface area contributed by atoms with Crippen molar-refractivity contribution in [3.05, 3.63) is 53.9 Å². The van der Waals surface area contributed by atoms with Crippen LogP contribution in [0.2, 0.25) is 0 Å². The number of nitrogens with zero attached hydrogens (tertiary/aromatic N) is 3. The molecule has 0 radical (unpaired) electrons. The Bertz CT molecular complexity index is 591. The van der Waals surface area contributed by atoms with Crippen LogP contribution < -0.4 is 0 Å². The van der Waals surface area contributed by atoms with E-state index < -0.39 is 0 Å². The molecule has 0 saturated carbocycles. The zero-order valence-corrected chi connectivity index (χ0v) is 11.7. The molecule has 1 aromatic heterocycles. The lowest BCUT2D eigenvalue weighted by atomic mass is 9.99. The fourth-order valence-electron chi connectivity index (χ4n) is 2.86. The highest BCUT2D eigenvalue weighted by Crippen LogP contribution is 2.23. The van der Waals surface area contributed by atoms with Crippen molar-refractivity contribution in [2.45, 2.75) is 19.4 Å². The highest BCUT2D eigenvalue weighted by Gasteiger charge is 2.29. The van der Waals surface area contributed by atoms with E-state index >= 15 is 0 Å². The molecule has 3 rings (SSSR count). The molecule has 1 aliphatic heterocycles. The van der Waals surface area contributed by atoms with Crippen LogP contribution in [-0.2, 0) is 24.8 Å². The number of benzene rings is 1. The Balaban J connectivity index is 1.60. The average molecular weight is 269 g/mol. The van der Waals surface area contributed by atoms with E-state index in [-0.39, 0.29) is 5.91 Å². The summed E-state index contributed by atoms with van der Waals surface area (Å²) in [6.45, 7) is 1.53. The summed E-state index contributed by atoms with van der Waals surface area (Å²) in [6.07, 6.45) is 5.45. The largest absolute Gasteiger partial charge is 0.338 e. The Labute approximate surface area is 119 Å². The molecule has 2 heterocycles. The van der Waals surface area contributed by atoms with Crippen LogP contribution >= 0.6 is 0 Å². The molecule has 1 aliphatic rings. The van der Waals surface area contributed by atoms with Crippen molar-refractivity contribution in [1.82, 2.24) is 14.7 Å². The number of hydrogen-bond donors (Lipinski definition) is 0. The summed E-state index contributed by atoms with van der Waals surface area (Å²) in [5.41, 5.74) is 2.41. The Morgan fingerprint density at radius 2 is 2.05 bits per heavy atom. The van der Waals surface area contributed by atoms with E-state index in [9.17, 15) is 4.79 Å². The molecule has 1 fully saturated rings. The Hall–Kier alpha value is -2.10. The number of carbonyl (C=O) groups is 1. The highest BCUT2D eigenvalue weighted by atomic mass is 16.2. The maximum absolute atomic E-state index is 12.1. The van der Waals surface area contributed by atoms with Crippen molar-refractivity contribution in [2.24, 2.45) is 13.0 Å². The van der Waals surface area contributed by atoms with Crippen LogP contribution in [0.5, 0.6) is 0 Å². The van der Waals surface area contributed by atoms with E-state index in [0.29, 0.717) is 18.9 Å². The molecule has 0 bridgehead atoms. The summed E-state index contributed by atoms with van der Waals surface area (Å²) >= 11 is 0. The van der Waals surface area contributed by atoms with Gasteiger partial charge in [0.05, 0.1) is 6.20 Å². The topological polar surface area (TPSA) is 38.1 Å². The van der Waals surface area contributed by atoms with Crippen LogP contribution in [0.3, 0.4) is 0 Å². The number of amides is 1. The van der Waals surface area contributed by atoms with Gasteiger partial charge >= 0.3 is 0 Å². The van der Waals surface area contributed by atoms with Gasteiger partial charge in [-0.25, -0.2) is 0 Å². The van der Waals surface area contributed by atoms with E-state index in [0.717, 1.165) is 18.5 Å². The zero-order chi connectivity index (χ0) is 13.9. The first-order valence-electron chi connectivity index (χ1n) is 7.00. The van der Waals surface area contributed by atoms with Gasteiger partial charge in [-0.1, -0.05) is 30.3 Å². The molecule has 2 aromatic rings. The second-order valence-electron chi connectivity index (χ2n) is 5.56. The second-order valence-corrected chi connectivity index (χ2v) is 5.56. The Kier molecular flexibility index (Phi) is 3.54. The predicted molar refractivity (Wildman–Crippen MR) is 76.9 cm³/mol. The van der Waals surface area contributed by atoms with Crippen LogP contribution in [0, 0.1) is 5.92 Å². The third-order valence-electron chi connectivity index (χ3n) is 3.79. The molecule has 1 atom stereocenters. The summed E-state index contributed by atoms with van der Waals surface area (Å²) in [5.74, 6) is 0.691. The van der Waals surface area contributed by atoms with Gasteiger partial charge in [0, 0.05) is 38.3 Å². The highest BCUT2D eigenvalue weighted by molar-refractivity contribution is 5.78. The lowest BCUT2D eigenvalue weighted by Crippen LogP contribution is -2.24. The molecule has 1 saturated heterocycles. The fraction of sp³-hybridized carbons (Fsp3) is 0.375. The van der Waals surface area contributed by atoms with Crippen molar-refractivity contribution < 1.29 is 4.79 Å². The van der Waals surface area contributed by atoms with Gasteiger partial charge in [-0.2, -0.15) is 5.10 Å². The molecular weight excluding hydrogens is 250 g/mol. The third-order valence-corrected chi connectivity index (χ3v) is 3.79. The monoisotopic (exact) mass is 269 g/mol. The molecule has 104 valence electrons. The van der Waals surface area contributed by atoms with Crippen LogP contribution in [0.15, 0.2) is 42.7 Å². The molecule has 4 nitrogen and oxygen atoms in total. The van der Waals surface area contributed by atoms with Crippen molar-refractivity contribution in [3.8, 4) is 0 Å². The van der Waals surface area contributed by atoms with Gasteiger partial charge in [0.1, 0.15) is 0 Å². The predicted octanol–water partition coefficient (Wildman–Crippen LogP) is 2.01. The first kappa shape index (κ1) is 12.9. The minimum Gasteiger partial charge on any atom is -0.338 e. The second kappa shape index (κ2) is 5.49. The molecule has 4 heteroatoms. The van der Waals surface area contributed by atoms with Crippen molar-refractivity contribution in [1.29, 1.82) is 0 Å². The van der Waals surface area contributed by atoms with E-state index in [1.165, 1.54) is 5.56 Å². The van der Waals surface area contributed by atoms with Crippen molar-refractivity contribution in [3.63, 3.8) is 0 Å². The zero-order valence-electron chi connectivity index (χ0n) is 11.7. The van der Waals surface area contributed by atoms with Gasteiger partial charge in [0.15, 0.2) is 0 Å². The molecular formula is C16H19N3O. The number of aryl methyl sites for hydroxylation is 1. The molecule has 0 N–H and O–H groups in total. The van der Waals surface area contributed by atoms with Crippen molar-refractivity contribution in [2.75, 3.05) is 6.54 Å². The summed E-state index contributed by atoms with van der Waals surface area (Å²) in [7, 11) is 1.90. The maximum atomic E-state index is 12.1. The summed E-state index contributed by atoms with van der Waals surface area (Å²) in [4.78, 5) is 14.0. The van der Waals surface area contributed by atoms with Gasteiger partial charge in [0.25, 0.3) is 0 Å². The molecule has 0 spiro atoms. The van der Waals surface area contributed by atoms with E-state index in [1.807, 2.05) is 30.4 Å². The van der Waals surface area contributed by atoms with Crippen LogP contribution in [0.1, 0.15) is 17.5 Å². The van der Waals surface area contributed by atoms with Crippen LogP contribution in [0.4, 0.5) is 0 Å². The lowest BCUT2D eigenvalue weighted by molar-refractivity contribution is -0.128. The number of likely N-dealkylation sites (tertiary alicyclic amines) is 1. The third kappa shape index (κ3) is 2.90. The standard InChI is InChI=1S/C16H19N3O/c1-18-10-15(9-17-18)12-19-11-14(8-16(19)20)7-13-5-3-2-4-6-13/h2-6,9-10,14H,7-8,11-12H2,1H3/t14-/m1/s1. The average Bonchev–Trinajstić information content (AvgIpc) is 2.98. The van der Waals surface area contributed by atoms with Crippen LogP contribution in [0.25, 0.3) is 0 Å². The smallest absolute Gasteiger partial charge is 0.223 e. The number of carbonyl (C=O) groups excluding carboxylic acids is 1. The normalized spacial score (nSPS) is 18.8. The first-order chi connectivity index (χ1) is 9.70. The van der Waals surface area contributed by atoms with Gasteiger partial charge in [0.2, 0.25) is 5.91 Å². The minimum atomic E-state index is 0.259. The molecule has 1 aromatic carbocycles. The quantitative estimate of drug-likeness (QED) is 0.851.